The highest BCUT2D eigenvalue weighted by atomic mass is 35.5. The van der Waals surface area contributed by atoms with Gasteiger partial charge in [-0.3, -0.25) is 4.99 Å². The number of aliphatic imine (C=N–C) groups is 1. The van der Waals surface area contributed by atoms with Crippen molar-refractivity contribution in [1.82, 2.24) is 14.6 Å². The first-order valence-electron chi connectivity index (χ1n) is 13.4. The Balaban J connectivity index is 1.54. The molecule has 1 N–H and O–H groups in total. The minimum Gasteiger partial charge on any atom is -0.466 e. The highest BCUT2D eigenvalue weighted by molar-refractivity contribution is 7.89. The number of methoxy groups -OCH3 is 1. The van der Waals surface area contributed by atoms with Crippen LogP contribution in [0.4, 0.5) is 4.39 Å². The van der Waals surface area contributed by atoms with Gasteiger partial charge in [-0.2, -0.15) is 0 Å². The molecule has 2 aliphatic heterocycles. The highest BCUT2D eigenvalue weighted by Crippen LogP contribution is 2.40. The summed E-state index contributed by atoms with van der Waals surface area (Å²) in [5.74, 6) is -0.983. The molecule has 3 heterocycles. The van der Waals surface area contributed by atoms with Crippen LogP contribution in [0.1, 0.15) is 42.8 Å². The van der Waals surface area contributed by atoms with Gasteiger partial charge in [0.1, 0.15) is 11.9 Å². The molecule has 0 bridgehead atoms. The molecule has 1 atom stereocenters. The lowest BCUT2D eigenvalue weighted by Gasteiger charge is -2.36. The van der Waals surface area contributed by atoms with E-state index in [2.05, 4.69) is 10.3 Å². The standard InChI is InChI=1S/C27H34ClFN4O6S2/c1-3-11-38-12-13-39-14-16-41(35,36)33-9-6-18(7-10-33)23-22(27(34)37-2)24(20-5-4-19(29)17-21(20)28)32-25(31-23)26-30-8-15-40-26/h4-5,8,15,17-18,24H,3,6-7,9-14,16H2,1-2H3,(H,31,32). The zero-order chi connectivity index (χ0) is 29.4. The van der Waals surface area contributed by atoms with E-state index in [1.165, 1.54) is 41.0 Å². The summed E-state index contributed by atoms with van der Waals surface area (Å²) in [5, 5.41) is 5.84. The van der Waals surface area contributed by atoms with Gasteiger partial charge in [0.05, 0.1) is 38.3 Å². The van der Waals surface area contributed by atoms with Gasteiger partial charge in [-0.25, -0.2) is 26.9 Å². The van der Waals surface area contributed by atoms with Crippen molar-refractivity contribution in [1.29, 1.82) is 0 Å². The van der Waals surface area contributed by atoms with Gasteiger partial charge in [0.25, 0.3) is 0 Å². The lowest BCUT2D eigenvalue weighted by Crippen LogP contribution is -2.44. The summed E-state index contributed by atoms with van der Waals surface area (Å²) in [4.78, 5) is 22.3. The third kappa shape index (κ3) is 7.90. The molecule has 0 spiro atoms. The maximum atomic E-state index is 13.9. The van der Waals surface area contributed by atoms with Crippen LogP contribution in [0.5, 0.6) is 0 Å². The van der Waals surface area contributed by atoms with Crippen molar-refractivity contribution in [2.45, 2.75) is 32.2 Å². The number of thiazole rings is 1. The van der Waals surface area contributed by atoms with Crippen molar-refractivity contribution in [3.63, 3.8) is 0 Å². The number of hydrogen-bond acceptors (Lipinski definition) is 10. The molecule has 1 aromatic carbocycles. The van der Waals surface area contributed by atoms with E-state index in [9.17, 15) is 17.6 Å². The van der Waals surface area contributed by atoms with Gasteiger partial charge >= 0.3 is 5.97 Å². The van der Waals surface area contributed by atoms with E-state index in [1.807, 2.05) is 12.3 Å². The largest absolute Gasteiger partial charge is 0.466 e. The fourth-order valence-corrected chi connectivity index (χ4v) is 7.01. The Kier molecular flexibility index (Phi) is 11.3. The van der Waals surface area contributed by atoms with Crippen LogP contribution >= 0.6 is 22.9 Å². The zero-order valence-corrected chi connectivity index (χ0v) is 25.4. The van der Waals surface area contributed by atoms with Gasteiger partial charge < -0.3 is 19.5 Å². The Hall–Kier alpha value is -2.42. The van der Waals surface area contributed by atoms with E-state index in [1.54, 1.807) is 6.20 Å². The van der Waals surface area contributed by atoms with Crippen molar-refractivity contribution < 1.29 is 31.8 Å². The molecular formula is C27H34ClFN4O6S2. The molecule has 2 aliphatic rings. The van der Waals surface area contributed by atoms with Crippen LogP contribution < -0.4 is 5.32 Å². The number of halogens is 2. The van der Waals surface area contributed by atoms with E-state index in [0.29, 0.717) is 54.8 Å². The van der Waals surface area contributed by atoms with E-state index in [4.69, 9.17) is 30.8 Å². The summed E-state index contributed by atoms with van der Waals surface area (Å²) in [6.07, 6.45) is 3.48. The maximum Gasteiger partial charge on any atom is 0.338 e. The first-order valence-corrected chi connectivity index (χ1v) is 16.3. The molecule has 0 radical (unpaired) electrons. The number of hydrogen-bond donors (Lipinski definition) is 1. The summed E-state index contributed by atoms with van der Waals surface area (Å²) < 4.78 is 57.2. The number of piperidine rings is 1. The number of esters is 1. The van der Waals surface area contributed by atoms with E-state index in [0.717, 1.165) is 6.42 Å². The van der Waals surface area contributed by atoms with E-state index < -0.39 is 27.9 Å². The zero-order valence-electron chi connectivity index (χ0n) is 23.0. The topological polar surface area (TPSA) is 119 Å². The summed E-state index contributed by atoms with van der Waals surface area (Å²) in [6.45, 7) is 4.08. The van der Waals surface area contributed by atoms with Gasteiger partial charge in [0, 0.05) is 53.5 Å². The molecule has 1 saturated heterocycles. The second-order valence-electron chi connectivity index (χ2n) is 9.54. The Morgan fingerprint density at radius 1 is 1.20 bits per heavy atom. The van der Waals surface area contributed by atoms with Crippen molar-refractivity contribution in [3.8, 4) is 0 Å². The molecule has 4 rings (SSSR count). The quantitative estimate of drug-likeness (QED) is 0.262. The molecule has 1 aromatic heterocycles. The van der Waals surface area contributed by atoms with E-state index in [-0.39, 0.29) is 42.0 Å². The van der Waals surface area contributed by atoms with Crippen molar-refractivity contribution in [3.05, 3.63) is 62.5 Å². The number of nitrogens with zero attached hydrogens (tertiary/aromatic N) is 3. The smallest absolute Gasteiger partial charge is 0.338 e. The predicted molar refractivity (Wildman–Crippen MR) is 155 cm³/mol. The maximum absolute atomic E-state index is 13.9. The van der Waals surface area contributed by atoms with Gasteiger partial charge in [-0.15, -0.1) is 11.3 Å². The first-order chi connectivity index (χ1) is 19.7. The number of carbonyl (C=O) groups excluding carboxylic acids is 1. The molecule has 41 heavy (non-hydrogen) atoms. The van der Waals surface area contributed by atoms with Crippen LogP contribution in [0, 0.1) is 11.7 Å². The fraction of sp³-hybridized carbons (Fsp3) is 0.519. The average molecular weight is 629 g/mol. The molecule has 0 saturated carbocycles. The minimum atomic E-state index is -3.52. The number of nitrogens with one attached hydrogen (secondary N) is 1. The fourth-order valence-electron chi connectivity index (χ4n) is 4.80. The molecule has 1 unspecified atom stereocenters. The van der Waals surface area contributed by atoms with Gasteiger partial charge in [0.2, 0.25) is 10.0 Å². The van der Waals surface area contributed by atoms with Crippen LogP contribution in [0.2, 0.25) is 5.02 Å². The highest BCUT2D eigenvalue weighted by Gasteiger charge is 2.38. The number of sulfonamides is 1. The Labute approximate surface area is 248 Å². The monoisotopic (exact) mass is 628 g/mol. The molecule has 0 amide bonds. The van der Waals surface area contributed by atoms with Crippen LogP contribution in [0.3, 0.4) is 0 Å². The van der Waals surface area contributed by atoms with Gasteiger partial charge in [0.15, 0.2) is 10.8 Å². The number of allylic oxidation sites excluding steroid dienone is 1. The summed E-state index contributed by atoms with van der Waals surface area (Å²) in [6, 6.07) is 3.08. The normalized spacial score (nSPS) is 18.7. The Morgan fingerprint density at radius 2 is 1.93 bits per heavy atom. The van der Waals surface area contributed by atoms with Gasteiger partial charge in [-0.05, 0) is 31.4 Å². The van der Waals surface area contributed by atoms with Crippen LogP contribution in [0.25, 0.3) is 0 Å². The number of ether oxygens (including phenoxy) is 3. The van der Waals surface area contributed by atoms with Crippen molar-refractivity contribution in [2.24, 2.45) is 10.9 Å². The number of benzene rings is 1. The number of carbonyl (C=O) groups is 1. The second kappa shape index (κ2) is 14.7. The predicted octanol–water partition coefficient (Wildman–Crippen LogP) is 3.94. The van der Waals surface area contributed by atoms with Crippen LogP contribution in [0.15, 0.2) is 46.0 Å². The Bertz CT molecular complexity index is 1360. The summed E-state index contributed by atoms with van der Waals surface area (Å²) in [7, 11) is -2.24. The molecule has 224 valence electrons. The number of amidine groups is 1. The number of aromatic nitrogens is 1. The lowest BCUT2D eigenvalue weighted by atomic mass is 9.86. The molecular weight excluding hydrogens is 595 g/mol. The average Bonchev–Trinajstić information content (AvgIpc) is 3.51. The van der Waals surface area contributed by atoms with Crippen molar-refractivity contribution >= 4 is 44.8 Å². The first kappa shape index (κ1) is 31.5. The summed E-state index contributed by atoms with van der Waals surface area (Å²) in [5.41, 5.74) is 1.28. The van der Waals surface area contributed by atoms with Crippen molar-refractivity contribution in [2.75, 3.05) is 52.4 Å². The van der Waals surface area contributed by atoms with Gasteiger partial charge in [-0.1, -0.05) is 24.6 Å². The van der Waals surface area contributed by atoms with Crippen LogP contribution in [-0.2, 0) is 29.0 Å². The third-order valence-corrected chi connectivity index (χ3v) is 9.78. The molecule has 14 heteroatoms. The SMILES string of the molecule is CCCOCCOCCS(=O)(=O)N1CCC(C2=C(C(=O)OC)C(c3ccc(F)cc3Cl)N=C(c3nccs3)N2)CC1. The summed E-state index contributed by atoms with van der Waals surface area (Å²) >= 11 is 7.80. The molecule has 0 aliphatic carbocycles. The third-order valence-electron chi connectivity index (χ3n) is 6.83. The lowest BCUT2D eigenvalue weighted by molar-refractivity contribution is -0.136. The van der Waals surface area contributed by atoms with E-state index >= 15 is 0 Å². The molecule has 1 fully saturated rings. The number of rotatable bonds is 13. The minimum absolute atomic E-state index is 0.0880. The van der Waals surface area contributed by atoms with Crippen LogP contribution in [-0.4, -0.2) is 81.9 Å². The Morgan fingerprint density at radius 3 is 2.56 bits per heavy atom. The molecule has 2 aromatic rings. The molecule has 10 nitrogen and oxygen atoms in total. The second-order valence-corrected chi connectivity index (χ2v) is 12.9.